The van der Waals surface area contributed by atoms with Gasteiger partial charge in [0.2, 0.25) is 0 Å². The Morgan fingerprint density at radius 3 is 2.43 bits per heavy atom. The van der Waals surface area contributed by atoms with E-state index in [2.05, 4.69) is 36.2 Å². The zero-order valence-electron chi connectivity index (χ0n) is 16.8. The van der Waals surface area contributed by atoms with Crippen molar-refractivity contribution in [1.29, 1.82) is 0 Å². The minimum Gasteiger partial charge on any atom is -0.451 e. The summed E-state index contributed by atoms with van der Waals surface area (Å²) >= 11 is 0. The molecule has 1 heterocycles. The van der Waals surface area contributed by atoms with Crippen molar-refractivity contribution in [3.05, 3.63) is 71.5 Å². The van der Waals surface area contributed by atoms with Crippen molar-refractivity contribution in [2.24, 2.45) is 0 Å². The molecule has 1 amide bonds. The molecular formula is C23H28N2O3. The highest BCUT2D eigenvalue weighted by Crippen LogP contribution is 2.27. The number of carbonyl (C=O) groups is 1. The second-order valence-corrected chi connectivity index (χ2v) is 6.70. The molecule has 1 atom stereocenters. The lowest BCUT2D eigenvalue weighted by Crippen LogP contribution is -2.38. The van der Waals surface area contributed by atoms with Gasteiger partial charge in [0.15, 0.2) is 5.76 Å². The molecule has 1 aromatic heterocycles. The van der Waals surface area contributed by atoms with Crippen LogP contribution in [-0.4, -0.2) is 37.6 Å². The van der Waals surface area contributed by atoms with Crippen molar-refractivity contribution in [2.75, 3.05) is 26.7 Å². The molecule has 0 aliphatic rings. The Balaban J connectivity index is 1.83. The summed E-state index contributed by atoms with van der Waals surface area (Å²) in [6, 6.07) is 18.0. The molecule has 0 fully saturated rings. The van der Waals surface area contributed by atoms with Crippen LogP contribution in [0, 0.1) is 0 Å². The quantitative estimate of drug-likeness (QED) is 0.598. The molecule has 0 aliphatic heterocycles. The first kappa shape index (κ1) is 20.1. The summed E-state index contributed by atoms with van der Waals surface area (Å²) in [5.41, 5.74) is 2.67. The molecule has 1 unspecified atom stereocenters. The normalized spacial score (nSPS) is 12.4. The van der Waals surface area contributed by atoms with Crippen LogP contribution < -0.4 is 5.32 Å². The van der Waals surface area contributed by atoms with E-state index in [9.17, 15) is 4.79 Å². The molecular weight excluding hydrogens is 352 g/mol. The van der Waals surface area contributed by atoms with Gasteiger partial charge < -0.3 is 14.5 Å². The predicted molar refractivity (Wildman–Crippen MR) is 111 cm³/mol. The summed E-state index contributed by atoms with van der Waals surface area (Å²) in [5, 5.41) is 3.99. The molecule has 3 rings (SSSR count). The monoisotopic (exact) mass is 380 g/mol. The van der Waals surface area contributed by atoms with E-state index < -0.39 is 0 Å². The Morgan fingerprint density at radius 1 is 1.07 bits per heavy atom. The summed E-state index contributed by atoms with van der Waals surface area (Å²) in [4.78, 5) is 15.3. The number of rotatable bonds is 9. The number of amides is 1. The van der Waals surface area contributed by atoms with Crippen molar-refractivity contribution in [1.82, 2.24) is 10.2 Å². The van der Waals surface area contributed by atoms with Crippen LogP contribution in [0.2, 0.25) is 0 Å². The number of hydrogen-bond acceptors (Lipinski definition) is 4. The van der Waals surface area contributed by atoms with Crippen molar-refractivity contribution in [3.8, 4) is 0 Å². The van der Waals surface area contributed by atoms with E-state index in [-0.39, 0.29) is 11.9 Å². The van der Waals surface area contributed by atoms with Crippen LogP contribution in [-0.2, 0) is 11.3 Å². The Morgan fingerprint density at radius 2 is 1.75 bits per heavy atom. The maximum atomic E-state index is 13.0. The van der Waals surface area contributed by atoms with Gasteiger partial charge in [0.1, 0.15) is 5.58 Å². The fourth-order valence-electron chi connectivity index (χ4n) is 3.64. The first-order valence-electron chi connectivity index (χ1n) is 9.76. The molecule has 0 saturated carbocycles. The number of methoxy groups -OCH3 is 1. The minimum atomic E-state index is -0.212. The minimum absolute atomic E-state index is 0.107. The van der Waals surface area contributed by atoms with Crippen molar-refractivity contribution in [3.63, 3.8) is 0 Å². The number of likely N-dealkylation sites (N-methyl/N-ethyl adjacent to an activating group) is 1. The number of ether oxygens (including phenoxy) is 1. The summed E-state index contributed by atoms with van der Waals surface area (Å²) in [5.74, 6) is 0.116. The first-order valence-corrected chi connectivity index (χ1v) is 9.76. The van der Waals surface area contributed by atoms with Gasteiger partial charge in [-0.1, -0.05) is 62.4 Å². The van der Waals surface area contributed by atoms with E-state index in [4.69, 9.17) is 9.15 Å². The fourth-order valence-corrected chi connectivity index (χ4v) is 3.64. The van der Waals surface area contributed by atoms with Gasteiger partial charge in [0.05, 0.1) is 12.6 Å². The Kier molecular flexibility index (Phi) is 6.85. The van der Waals surface area contributed by atoms with E-state index in [0.717, 1.165) is 24.0 Å². The van der Waals surface area contributed by atoms with E-state index in [0.29, 0.717) is 24.5 Å². The third-order valence-corrected chi connectivity index (χ3v) is 5.09. The molecule has 148 valence electrons. The largest absolute Gasteiger partial charge is 0.451 e. The van der Waals surface area contributed by atoms with E-state index in [1.165, 1.54) is 5.56 Å². The lowest BCUT2D eigenvalue weighted by atomic mass is 10.0. The third-order valence-electron chi connectivity index (χ3n) is 5.09. The summed E-state index contributed by atoms with van der Waals surface area (Å²) < 4.78 is 11.2. The number of nitrogens with one attached hydrogen (secondary N) is 1. The lowest BCUT2D eigenvalue weighted by Gasteiger charge is -2.30. The number of benzene rings is 2. The summed E-state index contributed by atoms with van der Waals surface area (Å²) in [6.45, 7) is 6.93. The number of hydrogen-bond donors (Lipinski definition) is 1. The Bertz CT molecular complexity index is 901. The van der Waals surface area contributed by atoms with Gasteiger partial charge in [0, 0.05) is 24.6 Å². The maximum absolute atomic E-state index is 13.0. The van der Waals surface area contributed by atoms with Gasteiger partial charge in [-0.2, -0.15) is 0 Å². The summed E-state index contributed by atoms with van der Waals surface area (Å²) in [7, 11) is 1.62. The molecule has 0 aliphatic carbocycles. The molecule has 1 N–H and O–H groups in total. The molecule has 5 heteroatoms. The van der Waals surface area contributed by atoms with Crippen LogP contribution in [0.1, 0.15) is 41.6 Å². The first-order chi connectivity index (χ1) is 13.7. The molecule has 28 heavy (non-hydrogen) atoms. The zero-order chi connectivity index (χ0) is 19.9. The predicted octanol–water partition coefficient (Wildman–Crippen LogP) is 4.39. The lowest BCUT2D eigenvalue weighted by molar-refractivity contribution is 0.0903. The second kappa shape index (κ2) is 9.53. The topological polar surface area (TPSA) is 54.7 Å². The van der Waals surface area contributed by atoms with Gasteiger partial charge >= 0.3 is 0 Å². The maximum Gasteiger partial charge on any atom is 0.287 e. The van der Waals surface area contributed by atoms with Gasteiger partial charge in [-0.25, -0.2) is 0 Å². The van der Waals surface area contributed by atoms with Gasteiger partial charge in [-0.15, -0.1) is 0 Å². The molecule has 0 saturated heterocycles. The van der Waals surface area contributed by atoms with Crippen LogP contribution >= 0.6 is 0 Å². The van der Waals surface area contributed by atoms with Crippen molar-refractivity contribution >= 4 is 16.9 Å². The van der Waals surface area contributed by atoms with E-state index >= 15 is 0 Å². The average Bonchev–Trinajstić information content (AvgIpc) is 3.10. The summed E-state index contributed by atoms with van der Waals surface area (Å²) in [6.07, 6.45) is 0. The SMILES string of the molecule is CCN(CC)C(CNC(=O)c1oc2ccccc2c1COC)c1ccccc1. The van der Waals surface area contributed by atoms with Crippen LogP contribution in [0.25, 0.3) is 11.0 Å². The number of carbonyl (C=O) groups excluding carboxylic acids is 1. The van der Waals surface area contributed by atoms with E-state index in [1.54, 1.807) is 7.11 Å². The van der Waals surface area contributed by atoms with Crippen LogP contribution in [0.15, 0.2) is 59.0 Å². The molecule has 0 radical (unpaired) electrons. The number of nitrogens with zero attached hydrogens (tertiary/aromatic N) is 1. The van der Waals surface area contributed by atoms with Gasteiger partial charge in [0.25, 0.3) is 5.91 Å². The van der Waals surface area contributed by atoms with Crippen LogP contribution in [0.5, 0.6) is 0 Å². The van der Waals surface area contributed by atoms with Crippen molar-refractivity contribution in [2.45, 2.75) is 26.5 Å². The Labute approximate surface area is 166 Å². The number of fused-ring (bicyclic) bond motifs is 1. The molecule has 2 aromatic carbocycles. The third kappa shape index (κ3) is 4.26. The molecule has 3 aromatic rings. The van der Waals surface area contributed by atoms with Gasteiger partial charge in [-0.05, 0) is 24.7 Å². The highest BCUT2D eigenvalue weighted by molar-refractivity contribution is 5.99. The molecule has 0 bridgehead atoms. The van der Waals surface area contributed by atoms with E-state index in [1.807, 2.05) is 42.5 Å². The van der Waals surface area contributed by atoms with Crippen molar-refractivity contribution < 1.29 is 13.9 Å². The standard InChI is InChI=1S/C23H28N2O3/c1-4-25(5-2)20(17-11-7-6-8-12-17)15-24-23(26)22-19(16-27-3)18-13-9-10-14-21(18)28-22/h6-14,20H,4-5,15-16H2,1-3H3,(H,24,26). The zero-order valence-corrected chi connectivity index (χ0v) is 16.8. The van der Waals surface area contributed by atoms with Crippen LogP contribution in [0.3, 0.4) is 0 Å². The number of para-hydroxylation sites is 1. The molecule has 0 spiro atoms. The fraction of sp³-hybridized carbons (Fsp3) is 0.348. The smallest absolute Gasteiger partial charge is 0.287 e. The average molecular weight is 380 g/mol. The molecule has 5 nitrogen and oxygen atoms in total. The van der Waals surface area contributed by atoms with Gasteiger partial charge in [-0.3, -0.25) is 9.69 Å². The Hall–Kier alpha value is -2.63. The highest BCUT2D eigenvalue weighted by atomic mass is 16.5. The number of furan rings is 1. The highest BCUT2D eigenvalue weighted by Gasteiger charge is 2.23. The second-order valence-electron chi connectivity index (χ2n) is 6.70. The van der Waals surface area contributed by atoms with Crippen LogP contribution in [0.4, 0.5) is 0 Å².